The van der Waals surface area contributed by atoms with E-state index in [1.165, 1.54) is 6.92 Å². The summed E-state index contributed by atoms with van der Waals surface area (Å²) in [7, 11) is 0. The van der Waals surface area contributed by atoms with Gasteiger partial charge in [-0.15, -0.1) is 0 Å². The number of aliphatic hydroxyl groups is 2. The maximum absolute atomic E-state index is 13.6. The molecule has 0 aliphatic carbocycles. The molecule has 2 atom stereocenters. The molecule has 1 rings (SSSR count). The van der Waals surface area contributed by atoms with Gasteiger partial charge in [0.1, 0.15) is 17.7 Å². The Bertz CT molecular complexity index is 533. The summed E-state index contributed by atoms with van der Waals surface area (Å²) in [6.45, 7) is 2.39. The van der Waals surface area contributed by atoms with Gasteiger partial charge in [0, 0.05) is 24.3 Å². The first-order chi connectivity index (χ1) is 9.23. The third kappa shape index (κ3) is 4.09. The molecule has 2 N–H and O–H groups in total. The average molecular weight is 304 g/mol. The minimum Gasteiger partial charge on any atom is -0.389 e. The number of carbonyl (C=O) groups excluding carboxylic acids is 2. The maximum atomic E-state index is 13.6. The fourth-order valence-electron chi connectivity index (χ4n) is 1.56. The molecular weight excluding hydrogens is 290 g/mol. The van der Waals surface area contributed by atoms with Crippen LogP contribution in [-0.4, -0.2) is 33.0 Å². The normalized spacial score (nSPS) is 13.9. The van der Waals surface area contributed by atoms with Crippen LogP contribution in [0.4, 0.5) is 8.78 Å². The summed E-state index contributed by atoms with van der Waals surface area (Å²) in [5.41, 5.74) is -0.750. The fourth-order valence-corrected chi connectivity index (χ4v) is 2.15. The van der Waals surface area contributed by atoms with E-state index in [0.29, 0.717) is 6.07 Å². The van der Waals surface area contributed by atoms with Crippen molar-refractivity contribution in [1.82, 2.24) is 0 Å². The van der Waals surface area contributed by atoms with E-state index in [0.717, 1.165) is 24.8 Å². The predicted octanol–water partition coefficient (Wildman–Crippen LogP) is 1.84. The van der Waals surface area contributed by atoms with Crippen molar-refractivity contribution in [2.75, 3.05) is 5.75 Å². The Morgan fingerprint density at radius 2 is 1.80 bits per heavy atom. The number of hydrogen-bond acceptors (Lipinski definition) is 5. The highest BCUT2D eigenvalue weighted by atomic mass is 32.2. The first-order valence-electron chi connectivity index (χ1n) is 5.73. The molecule has 0 aliphatic rings. The Balaban J connectivity index is 3.02. The summed E-state index contributed by atoms with van der Waals surface area (Å²) >= 11 is 0.770. The Hall–Kier alpha value is -1.31. The Morgan fingerprint density at radius 3 is 2.30 bits per heavy atom. The number of carbonyl (C=O) groups is 2. The SMILES string of the molecule is CC(=O)SCC(O)C(O)c1cc(C(C)=O)c(F)cc1F. The lowest BCUT2D eigenvalue weighted by atomic mass is 10.00. The number of aliphatic hydroxyl groups excluding tert-OH is 2. The molecule has 0 amide bonds. The summed E-state index contributed by atoms with van der Waals surface area (Å²) in [4.78, 5) is 21.9. The van der Waals surface area contributed by atoms with Crippen molar-refractivity contribution in [3.05, 3.63) is 34.9 Å². The van der Waals surface area contributed by atoms with E-state index in [2.05, 4.69) is 0 Å². The maximum Gasteiger partial charge on any atom is 0.185 e. The van der Waals surface area contributed by atoms with Gasteiger partial charge in [-0.2, -0.15) is 0 Å². The monoisotopic (exact) mass is 304 g/mol. The van der Waals surface area contributed by atoms with Crippen LogP contribution < -0.4 is 0 Å². The number of halogens is 2. The quantitative estimate of drug-likeness (QED) is 0.812. The molecule has 110 valence electrons. The summed E-state index contributed by atoms with van der Waals surface area (Å²) in [5.74, 6) is -2.85. The third-order valence-corrected chi connectivity index (χ3v) is 3.52. The molecule has 0 bridgehead atoms. The van der Waals surface area contributed by atoms with E-state index < -0.39 is 29.6 Å². The highest BCUT2D eigenvalue weighted by Crippen LogP contribution is 2.25. The van der Waals surface area contributed by atoms with Crippen molar-refractivity contribution < 1.29 is 28.6 Å². The highest BCUT2D eigenvalue weighted by molar-refractivity contribution is 8.13. The molecule has 1 aromatic carbocycles. The van der Waals surface area contributed by atoms with Crippen molar-refractivity contribution in [2.24, 2.45) is 0 Å². The van der Waals surface area contributed by atoms with Crippen LogP contribution in [0.2, 0.25) is 0 Å². The zero-order chi connectivity index (χ0) is 15.4. The van der Waals surface area contributed by atoms with Gasteiger partial charge in [-0.05, 0) is 13.0 Å². The van der Waals surface area contributed by atoms with Gasteiger partial charge < -0.3 is 10.2 Å². The van der Waals surface area contributed by atoms with Crippen LogP contribution >= 0.6 is 11.8 Å². The van der Waals surface area contributed by atoms with E-state index >= 15 is 0 Å². The van der Waals surface area contributed by atoms with Crippen LogP contribution in [-0.2, 0) is 4.79 Å². The Kier molecular flexibility index (Phi) is 5.79. The number of rotatable bonds is 5. The number of benzene rings is 1. The summed E-state index contributed by atoms with van der Waals surface area (Å²) < 4.78 is 27.0. The molecule has 0 radical (unpaired) electrons. The molecule has 0 fully saturated rings. The minimum atomic E-state index is -1.65. The smallest absolute Gasteiger partial charge is 0.185 e. The fraction of sp³-hybridized carbons (Fsp3) is 0.385. The van der Waals surface area contributed by atoms with Crippen LogP contribution in [0.5, 0.6) is 0 Å². The molecule has 0 aliphatic heterocycles. The lowest BCUT2D eigenvalue weighted by Gasteiger charge is -2.18. The van der Waals surface area contributed by atoms with E-state index in [1.54, 1.807) is 0 Å². The largest absolute Gasteiger partial charge is 0.389 e. The summed E-state index contributed by atoms with van der Waals surface area (Å²) in [5, 5.41) is 19.2. The number of hydrogen-bond donors (Lipinski definition) is 2. The lowest BCUT2D eigenvalue weighted by Crippen LogP contribution is -2.23. The molecule has 4 nitrogen and oxygen atoms in total. The van der Waals surface area contributed by atoms with Crippen molar-refractivity contribution in [2.45, 2.75) is 26.1 Å². The number of thioether (sulfide) groups is 1. The second kappa shape index (κ2) is 6.92. The van der Waals surface area contributed by atoms with E-state index in [4.69, 9.17) is 0 Å². The predicted molar refractivity (Wildman–Crippen MR) is 70.5 cm³/mol. The van der Waals surface area contributed by atoms with Gasteiger partial charge in [0.25, 0.3) is 0 Å². The van der Waals surface area contributed by atoms with Crippen LogP contribution in [0.1, 0.15) is 35.9 Å². The van der Waals surface area contributed by atoms with Crippen LogP contribution in [0.15, 0.2) is 12.1 Å². The average Bonchev–Trinajstić information content (AvgIpc) is 2.34. The summed E-state index contributed by atoms with van der Waals surface area (Å²) in [6, 6.07) is 1.36. The highest BCUT2D eigenvalue weighted by Gasteiger charge is 2.24. The topological polar surface area (TPSA) is 74.6 Å². The standard InChI is InChI=1S/C13H14F2O4S/c1-6(16)8-3-9(11(15)4-10(8)14)13(19)12(18)5-20-7(2)17/h3-4,12-13,18-19H,5H2,1-2H3. The van der Waals surface area contributed by atoms with Crippen LogP contribution in [0.25, 0.3) is 0 Å². The molecule has 0 saturated carbocycles. The molecular formula is C13H14F2O4S. The van der Waals surface area contributed by atoms with Gasteiger partial charge in [0.05, 0.1) is 11.7 Å². The molecule has 0 aromatic heterocycles. The third-order valence-electron chi connectivity index (χ3n) is 2.61. The van der Waals surface area contributed by atoms with Crippen molar-refractivity contribution in [3.8, 4) is 0 Å². The van der Waals surface area contributed by atoms with E-state index in [1.807, 2.05) is 0 Å². The second-order valence-electron chi connectivity index (χ2n) is 4.22. The first-order valence-corrected chi connectivity index (χ1v) is 6.72. The molecule has 2 unspecified atom stereocenters. The summed E-state index contributed by atoms with van der Waals surface area (Å²) in [6.07, 6.45) is -3.07. The second-order valence-corrected chi connectivity index (χ2v) is 5.42. The molecule has 0 heterocycles. The van der Waals surface area contributed by atoms with E-state index in [9.17, 15) is 28.6 Å². The van der Waals surface area contributed by atoms with Gasteiger partial charge in [-0.25, -0.2) is 8.78 Å². The lowest BCUT2D eigenvalue weighted by molar-refractivity contribution is -0.109. The van der Waals surface area contributed by atoms with Crippen molar-refractivity contribution in [3.63, 3.8) is 0 Å². The van der Waals surface area contributed by atoms with Gasteiger partial charge in [-0.3, -0.25) is 9.59 Å². The van der Waals surface area contributed by atoms with Gasteiger partial charge in [0.2, 0.25) is 0 Å². The van der Waals surface area contributed by atoms with Crippen molar-refractivity contribution in [1.29, 1.82) is 0 Å². The van der Waals surface area contributed by atoms with Gasteiger partial charge >= 0.3 is 0 Å². The number of Topliss-reactive ketones (excluding diaryl/α,β-unsaturated/α-hetero) is 1. The molecule has 1 aromatic rings. The van der Waals surface area contributed by atoms with E-state index in [-0.39, 0.29) is 22.0 Å². The van der Waals surface area contributed by atoms with Gasteiger partial charge in [-0.1, -0.05) is 11.8 Å². The Labute approximate surface area is 118 Å². The molecule has 0 saturated heterocycles. The van der Waals surface area contributed by atoms with Gasteiger partial charge in [0.15, 0.2) is 10.9 Å². The van der Waals surface area contributed by atoms with Crippen molar-refractivity contribution >= 4 is 22.7 Å². The zero-order valence-corrected chi connectivity index (χ0v) is 11.7. The Morgan fingerprint density at radius 1 is 1.20 bits per heavy atom. The minimum absolute atomic E-state index is 0.136. The zero-order valence-electron chi connectivity index (χ0n) is 10.9. The molecule has 7 heteroatoms. The van der Waals surface area contributed by atoms with Crippen LogP contribution in [0.3, 0.4) is 0 Å². The molecule has 20 heavy (non-hydrogen) atoms. The number of ketones is 1. The molecule has 0 spiro atoms. The van der Waals surface area contributed by atoms with Crippen LogP contribution in [0, 0.1) is 11.6 Å². The first kappa shape index (κ1) is 16.7.